The Bertz CT molecular complexity index is 928. The maximum Gasteiger partial charge on any atom is 0.310 e. The first-order valence-corrected chi connectivity index (χ1v) is 8.34. The molecule has 3 aromatic rings. The molecule has 0 aliphatic rings. The van der Waals surface area contributed by atoms with Crippen molar-refractivity contribution in [2.45, 2.75) is 6.42 Å². The van der Waals surface area contributed by atoms with Gasteiger partial charge in [-0.3, -0.25) is 9.59 Å². The van der Waals surface area contributed by atoms with Gasteiger partial charge in [-0.05, 0) is 24.3 Å². The van der Waals surface area contributed by atoms with Gasteiger partial charge in [0.1, 0.15) is 11.3 Å². The number of fused-ring (bicyclic) bond motifs is 1. The number of carbonyl (C=O) groups is 2. The third-order valence-electron chi connectivity index (χ3n) is 3.71. The van der Waals surface area contributed by atoms with E-state index in [0.717, 1.165) is 9.86 Å². The first kappa shape index (κ1) is 17.2. The molecule has 0 unspecified atom stereocenters. The van der Waals surface area contributed by atoms with Crippen LogP contribution in [-0.4, -0.2) is 25.5 Å². The second kappa shape index (κ2) is 7.53. The maximum absolute atomic E-state index is 12.1. The summed E-state index contributed by atoms with van der Waals surface area (Å²) in [5, 5.41) is 0.816. The highest BCUT2D eigenvalue weighted by atomic mass is 79.9. The number of rotatable bonds is 6. The molecule has 0 bridgehead atoms. The van der Waals surface area contributed by atoms with Crippen molar-refractivity contribution in [3.63, 3.8) is 0 Å². The number of benzene rings is 2. The largest absolute Gasteiger partial charge is 0.497 e. The third kappa shape index (κ3) is 4.09. The van der Waals surface area contributed by atoms with Crippen LogP contribution in [0.3, 0.4) is 0 Å². The molecule has 3 rings (SSSR count). The molecule has 0 spiro atoms. The van der Waals surface area contributed by atoms with Crippen molar-refractivity contribution in [2.24, 2.45) is 0 Å². The van der Waals surface area contributed by atoms with Crippen molar-refractivity contribution >= 4 is 38.7 Å². The second-order valence-electron chi connectivity index (χ2n) is 5.39. The molecule has 6 heteroatoms. The summed E-state index contributed by atoms with van der Waals surface area (Å²) in [5.41, 5.74) is 1.83. The van der Waals surface area contributed by atoms with E-state index < -0.39 is 5.97 Å². The summed E-state index contributed by atoms with van der Waals surface area (Å²) in [4.78, 5) is 24.1. The van der Waals surface area contributed by atoms with E-state index in [2.05, 4.69) is 15.9 Å². The van der Waals surface area contributed by atoms with E-state index in [1.54, 1.807) is 37.4 Å². The molecule has 1 aromatic heterocycles. The smallest absolute Gasteiger partial charge is 0.310 e. The van der Waals surface area contributed by atoms with Crippen LogP contribution in [0.4, 0.5) is 0 Å². The van der Waals surface area contributed by atoms with Gasteiger partial charge in [-0.1, -0.05) is 28.1 Å². The van der Waals surface area contributed by atoms with Crippen LogP contribution < -0.4 is 4.74 Å². The zero-order chi connectivity index (χ0) is 17.8. The Morgan fingerprint density at radius 3 is 2.76 bits per heavy atom. The summed E-state index contributed by atoms with van der Waals surface area (Å²) in [7, 11) is 1.57. The van der Waals surface area contributed by atoms with Crippen LogP contribution in [0, 0.1) is 0 Å². The van der Waals surface area contributed by atoms with Gasteiger partial charge in [-0.15, -0.1) is 0 Å². The van der Waals surface area contributed by atoms with Crippen molar-refractivity contribution in [1.82, 2.24) is 0 Å². The first-order valence-electron chi connectivity index (χ1n) is 7.55. The molecule has 0 amide bonds. The quantitative estimate of drug-likeness (QED) is 0.457. The molecule has 128 valence electrons. The monoisotopic (exact) mass is 402 g/mol. The Morgan fingerprint density at radius 1 is 1.16 bits per heavy atom. The van der Waals surface area contributed by atoms with E-state index in [4.69, 9.17) is 13.9 Å². The highest BCUT2D eigenvalue weighted by Gasteiger charge is 2.14. The minimum atomic E-state index is -0.484. The van der Waals surface area contributed by atoms with Crippen molar-refractivity contribution in [1.29, 1.82) is 0 Å². The van der Waals surface area contributed by atoms with Gasteiger partial charge in [0, 0.05) is 27.1 Å². The highest BCUT2D eigenvalue weighted by molar-refractivity contribution is 9.10. The molecule has 2 aromatic carbocycles. The molecular weight excluding hydrogens is 388 g/mol. The lowest BCUT2D eigenvalue weighted by Gasteiger charge is -2.04. The van der Waals surface area contributed by atoms with Crippen LogP contribution in [0.15, 0.2) is 57.6 Å². The lowest BCUT2D eigenvalue weighted by atomic mass is 10.1. The Kier molecular flexibility index (Phi) is 5.19. The standard InChI is InChI=1S/C19H15BrO5/c1-23-15-5-6-16-13(10-24-18(16)9-15)8-19(22)25-11-17(21)12-3-2-4-14(20)7-12/h2-7,9-10H,8,11H2,1H3. The predicted octanol–water partition coefficient (Wildman–Crippen LogP) is 4.17. The molecule has 0 saturated carbocycles. The Hall–Kier alpha value is -2.60. The average molecular weight is 403 g/mol. The van der Waals surface area contributed by atoms with E-state index in [-0.39, 0.29) is 18.8 Å². The number of esters is 1. The molecule has 0 aliphatic carbocycles. The van der Waals surface area contributed by atoms with E-state index >= 15 is 0 Å². The molecule has 25 heavy (non-hydrogen) atoms. The average Bonchev–Trinajstić information content (AvgIpc) is 3.01. The van der Waals surface area contributed by atoms with Gasteiger partial charge < -0.3 is 13.9 Å². The van der Waals surface area contributed by atoms with Gasteiger partial charge >= 0.3 is 5.97 Å². The third-order valence-corrected chi connectivity index (χ3v) is 4.20. The number of ketones is 1. The number of hydrogen-bond acceptors (Lipinski definition) is 5. The number of ether oxygens (including phenoxy) is 2. The lowest BCUT2D eigenvalue weighted by Crippen LogP contribution is -2.15. The van der Waals surface area contributed by atoms with Crippen molar-refractivity contribution in [3.8, 4) is 5.75 Å². The normalized spacial score (nSPS) is 10.6. The predicted molar refractivity (Wildman–Crippen MR) is 95.9 cm³/mol. The number of methoxy groups -OCH3 is 1. The highest BCUT2D eigenvalue weighted by Crippen LogP contribution is 2.26. The fourth-order valence-electron chi connectivity index (χ4n) is 2.43. The Morgan fingerprint density at radius 2 is 2.00 bits per heavy atom. The van der Waals surface area contributed by atoms with Crippen LogP contribution >= 0.6 is 15.9 Å². The number of halogens is 1. The van der Waals surface area contributed by atoms with Crippen LogP contribution in [0.1, 0.15) is 15.9 Å². The van der Waals surface area contributed by atoms with E-state index in [1.165, 1.54) is 6.26 Å². The molecule has 0 saturated heterocycles. The Labute approximate surface area is 152 Å². The summed E-state index contributed by atoms with van der Waals surface area (Å²) < 4.78 is 16.5. The van der Waals surface area contributed by atoms with Gasteiger partial charge in [0.2, 0.25) is 0 Å². The van der Waals surface area contributed by atoms with E-state index in [1.807, 2.05) is 12.1 Å². The molecule has 0 radical (unpaired) electrons. The summed E-state index contributed by atoms with van der Waals surface area (Å²) in [6.07, 6.45) is 1.55. The van der Waals surface area contributed by atoms with Gasteiger partial charge in [0.25, 0.3) is 0 Å². The number of carbonyl (C=O) groups excluding carboxylic acids is 2. The lowest BCUT2D eigenvalue weighted by molar-refractivity contribution is -0.141. The maximum atomic E-state index is 12.1. The summed E-state index contributed by atoms with van der Waals surface area (Å²) in [5.74, 6) is -0.0612. The van der Waals surface area contributed by atoms with E-state index in [0.29, 0.717) is 22.5 Å². The van der Waals surface area contributed by atoms with Gasteiger partial charge in [0.05, 0.1) is 19.8 Å². The summed E-state index contributed by atoms with van der Waals surface area (Å²) in [6.45, 7) is -0.293. The minimum absolute atomic E-state index is 0.0328. The zero-order valence-corrected chi connectivity index (χ0v) is 15.0. The summed E-state index contributed by atoms with van der Waals surface area (Å²) >= 11 is 3.30. The second-order valence-corrected chi connectivity index (χ2v) is 6.31. The van der Waals surface area contributed by atoms with Crippen LogP contribution in [0.5, 0.6) is 5.75 Å². The topological polar surface area (TPSA) is 65.7 Å². The van der Waals surface area contributed by atoms with Crippen LogP contribution in [-0.2, 0) is 16.0 Å². The number of Topliss-reactive ketones (excluding diaryl/α,β-unsaturated/α-hetero) is 1. The Balaban J connectivity index is 1.62. The molecule has 5 nitrogen and oxygen atoms in total. The van der Waals surface area contributed by atoms with Crippen molar-refractivity contribution in [3.05, 3.63) is 64.3 Å². The molecule has 0 fully saturated rings. The first-order chi connectivity index (χ1) is 12.1. The summed E-state index contributed by atoms with van der Waals surface area (Å²) in [6, 6.07) is 12.3. The van der Waals surface area contributed by atoms with Gasteiger partial charge in [-0.2, -0.15) is 0 Å². The van der Waals surface area contributed by atoms with E-state index in [9.17, 15) is 9.59 Å². The zero-order valence-electron chi connectivity index (χ0n) is 13.5. The molecule has 0 atom stereocenters. The minimum Gasteiger partial charge on any atom is -0.497 e. The SMILES string of the molecule is COc1ccc2c(CC(=O)OCC(=O)c3cccc(Br)c3)coc2c1. The molecule has 0 aliphatic heterocycles. The fraction of sp³-hybridized carbons (Fsp3) is 0.158. The molecule has 1 heterocycles. The molecular formula is C19H15BrO5. The van der Waals surface area contributed by atoms with Crippen molar-refractivity contribution in [2.75, 3.05) is 13.7 Å². The number of furan rings is 1. The van der Waals surface area contributed by atoms with Crippen LogP contribution in [0.25, 0.3) is 11.0 Å². The molecule has 0 N–H and O–H groups in total. The van der Waals surface area contributed by atoms with Gasteiger partial charge in [-0.25, -0.2) is 0 Å². The van der Waals surface area contributed by atoms with Gasteiger partial charge in [0.15, 0.2) is 12.4 Å². The fourth-order valence-corrected chi connectivity index (χ4v) is 2.82. The van der Waals surface area contributed by atoms with Crippen LogP contribution in [0.2, 0.25) is 0 Å². The van der Waals surface area contributed by atoms with Crippen molar-refractivity contribution < 1.29 is 23.5 Å². The number of hydrogen-bond donors (Lipinski definition) is 0.